The Morgan fingerprint density at radius 2 is 0.602 bits per heavy atom. The lowest BCUT2D eigenvalue weighted by Crippen LogP contribution is -2.32. The topological polar surface area (TPSA) is 36.9 Å². The van der Waals surface area contributed by atoms with Gasteiger partial charge in [-0.05, 0) is 180 Å². The van der Waals surface area contributed by atoms with E-state index < -0.39 is 144 Å². The average Bonchev–Trinajstić information content (AvgIpc) is 1.51. The molecule has 0 bridgehead atoms. The van der Waals surface area contributed by atoms with E-state index in [0.29, 0.717) is 44.6 Å². The Balaban J connectivity index is 0.000000141. The van der Waals surface area contributed by atoms with Crippen molar-refractivity contribution in [3.8, 4) is 62.0 Å². The number of alkyl halides is 6. The lowest BCUT2D eigenvalue weighted by Gasteiger charge is -2.43. The van der Waals surface area contributed by atoms with E-state index >= 15 is 0 Å². The van der Waals surface area contributed by atoms with Gasteiger partial charge in [0.15, 0.2) is 69.8 Å². The second kappa shape index (κ2) is 28.5. The summed E-state index contributed by atoms with van der Waals surface area (Å²) < 4.78 is 303. The number of hydrogen-bond donors (Lipinski definition) is 0. The Morgan fingerprint density at radius 1 is 0.292 bits per heavy atom. The van der Waals surface area contributed by atoms with Gasteiger partial charge in [-0.2, -0.15) is 31.6 Å². The highest BCUT2D eigenvalue weighted by Crippen LogP contribution is 2.58. The highest BCUT2D eigenvalue weighted by molar-refractivity contribution is 6.12. The van der Waals surface area contributed by atoms with Gasteiger partial charge >= 0.3 is 12.4 Å². The number of rotatable bonds is 7. The van der Waals surface area contributed by atoms with E-state index in [9.17, 15) is 97.5 Å². The average molecular weight is 1560 g/mol. The predicted molar refractivity (Wildman–Crippen MR) is 390 cm³/mol. The van der Waals surface area contributed by atoms with Crippen LogP contribution in [0, 0.1) is 126 Å². The summed E-state index contributed by atoms with van der Waals surface area (Å²) in [5.41, 5.74) is -1.05. The zero-order chi connectivity index (χ0) is 81.3. The van der Waals surface area contributed by atoms with E-state index in [1.54, 1.807) is 77.9 Å². The fourth-order valence-electron chi connectivity index (χ4n) is 15.2. The zero-order valence-electron chi connectivity index (χ0n) is 59.3. The second-order valence-corrected chi connectivity index (χ2v) is 27.3. The van der Waals surface area contributed by atoms with Crippen LogP contribution in [-0.4, -0.2) is 9.13 Å². The molecule has 3 heterocycles. The molecule has 0 amide bonds. The fourth-order valence-corrected chi connectivity index (χ4v) is 15.2. The Morgan fingerprint density at radius 3 is 0.973 bits per heavy atom. The third-order valence-corrected chi connectivity index (χ3v) is 20.1. The van der Waals surface area contributed by atoms with Crippen molar-refractivity contribution < 1.29 is 92.2 Å². The van der Waals surface area contributed by atoms with Gasteiger partial charge in [0.25, 0.3) is 0 Å². The predicted octanol–water partition coefficient (Wildman–Crippen LogP) is 27.3. The van der Waals surface area contributed by atoms with Crippen LogP contribution in [0.5, 0.6) is 0 Å². The molecule has 25 heteroatoms. The summed E-state index contributed by atoms with van der Waals surface area (Å²) >= 11 is 0. The highest BCUT2D eigenvalue weighted by atomic mass is 19.4. The first-order valence-electron chi connectivity index (χ1n) is 34.1. The second-order valence-electron chi connectivity index (χ2n) is 27.3. The van der Waals surface area contributed by atoms with E-state index in [2.05, 4.69) is 16.7 Å². The van der Waals surface area contributed by atoms with Crippen LogP contribution in [0.25, 0.3) is 99.5 Å². The lowest BCUT2D eigenvalue weighted by atomic mass is 9.73. The van der Waals surface area contributed by atoms with Crippen LogP contribution in [0.1, 0.15) is 63.9 Å². The van der Waals surface area contributed by atoms with Crippen molar-refractivity contribution >= 4 is 60.7 Å². The van der Waals surface area contributed by atoms with Gasteiger partial charge in [0, 0.05) is 27.0 Å². The summed E-state index contributed by atoms with van der Waals surface area (Å²) in [5.74, 6) is -32.5. The molecule has 0 aliphatic carbocycles. The van der Waals surface area contributed by atoms with Gasteiger partial charge in [-0.3, -0.25) is 0 Å². The molecule has 113 heavy (non-hydrogen) atoms. The Bertz CT molecular complexity index is 6300. The third kappa shape index (κ3) is 12.8. The summed E-state index contributed by atoms with van der Waals surface area (Å²) in [6, 6.07) is 56.6. The number of fused-ring (bicyclic) bond motifs is 8. The smallest absolute Gasteiger partial charge is 0.309 e. The quantitative estimate of drug-likeness (QED) is 0.0906. The van der Waals surface area contributed by atoms with Crippen LogP contribution >= 0.6 is 0 Å². The lowest BCUT2D eigenvalue weighted by molar-refractivity contribution is -0.141. The van der Waals surface area contributed by atoms with Crippen LogP contribution in [0.15, 0.2) is 200 Å². The molecule has 2 aromatic heterocycles. The van der Waals surface area contributed by atoms with E-state index in [4.69, 9.17) is 0 Å². The number of benzene rings is 13. The minimum Gasteiger partial charge on any atom is -0.309 e. The van der Waals surface area contributed by atoms with Crippen LogP contribution in [0.4, 0.5) is 109 Å². The summed E-state index contributed by atoms with van der Waals surface area (Å²) in [6.07, 6.45) is -11.2. The van der Waals surface area contributed by atoms with Crippen molar-refractivity contribution in [2.24, 2.45) is 0 Å². The van der Waals surface area contributed by atoms with E-state index in [0.717, 1.165) is 65.3 Å². The first-order chi connectivity index (χ1) is 53.5. The van der Waals surface area contributed by atoms with Gasteiger partial charge in [-0.15, -0.1) is 0 Å². The van der Waals surface area contributed by atoms with Crippen molar-refractivity contribution in [1.29, 1.82) is 5.26 Å². The van der Waals surface area contributed by atoms with E-state index in [-0.39, 0.29) is 34.6 Å². The van der Waals surface area contributed by atoms with Gasteiger partial charge < -0.3 is 14.0 Å². The molecule has 570 valence electrons. The standard InChI is InChI=1S/C32H20F5N.C29H16F11N.C27H15F5N2/c1-17-14-21(26-27(33)29(35)31(37)30(36)28(26)34)15-18(2)32(17)38-24-11-7-6-10-22(24)23-16-20(12-13-25(23)38)19-8-4-3-5-9-19;1-27(2)14-7-3-5-9-18(14)41(19-10-6-4-8-15(19)27)26-16(28(35,36)37)11-13(12-17(26)29(38,39)40)20-21(30)23(32)25(34)24(33)22(20)31;1-13-9-16(21-22(28)24(30)26(32)25(31)23(21)29)10-14(2)27(13)34-19-6-4-3-5-17(19)18-11-15(12-33)7-8-20(18)34/h3-16H,1-2H3;3-12H,1-2H3;3-11H,1-2H3. The fraction of sp³-hybridized carbons (Fsp3) is 0.102. The molecule has 0 atom stereocenters. The maximum atomic E-state index is 14.6. The van der Waals surface area contributed by atoms with Crippen molar-refractivity contribution in [3.63, 3.8) is 0 Å². The molecule has 13 aromatic carbocycles. The largest absolute Gasteiger partial charge is 0.418 e. The van der Waals surface area contributed by atoms with Gasteiger partial charge in [0.05, 0.1) is 90.0 Å². The van der Waals surface area contributed by atoms with Gasteiger partial charge in [0.2, 0.25) is 17.5 Å². The zero-order valence-corrected chi connectivity index (χ0v) is 59.3. The van der Waals surface area contributed by atoms with Crippen molar-refractivity contribution in [3.05, 3.63) is 338 Å². The van der Waals surface area contributed by atoms with E-state index in [1.165, 1.54) is 48.5 Å². The number of aryl methyl sites for hydroxylation is 4. The van der Waals surface area contributed by atoms with Crippen LogP contribution in [-0.2, 0) is 17.8 Å². The maximum absolute atomic E-state index is 14.6. The Labute approximate surface area is 628 Å². The van der Waals surface area contributed by atoms with Gasteiger partial charge in [-0.25, -0.2) is 65.9 Å². The maximum Gasteiger partial charge on any atom is 0.418 e. The van der Waals surface area contributed by atoms with Crippen LogP contribution in [0.2, 0.25) is 0 Å². The molecule has 0 saturated heterocycles. The van der Waals surface area contributed by atoms with Crippen LogP contribution in [0.3, 0.4) is 0 Å². The summed E-state index contributed by atoms with van der Waals surface area (Å²) in [6.45, 7) is 10.4. The molecule has 15 aromatic rings. The molecular weight excluding hydrogens is 1510 g/mol. The van der Waals surface area contributed by atoms with Gasteiger partial charge in [-0.1, -0.05) is 123 Å². The first-order valence-corrected chi connectivity index (χ1v) is 34.1. The Hall–Kier alpha value is -12.7. The normalized spacial score (nSPS) is 12.6. The molecule has 0 unspecified atom stereocenters. The minimum absolute atomic E-state index is 0.0313. The number of halogens is 21. The molecule has 1 aliphatic heterocycles. The molecule has 0 saturated carbocycles. The van der Waals surface area contributed by atoms with Crippen molar-refractivity contribution in [1.82, 2.24) is 9.13 Å². The SMILES string of the molecule is CC1(C)c2ccccc2N(c2c(C(F)(F)F)cc(-c3c(F)c(F)c(F)c(F)c3F)cc2C(F)(F)F)c2ccccc21.Cc1cc(-c2c(F)c(F)c(F)c(F)c2F)cc(C)c1-n1c2ccccc2c2cc(-c3ccccc3)ccc21.Cc1cc(-c2c(F)c(F)c(F)c(F)c2F)cc(C)c1-n1c2ccccc2c2cc(C#N)ccc21. The highest BCUT2D eigenvalue weighted by Gasteiger charge is 2.48. The van der Waals surface area contributed by atoms with Crippen molar-refractivity contribution in [2.45, 2.75) is 59.3 Å². The molecule has 1 aliphatic rings. The van der Waals surface area contributed by atoms with Gasteiger partial charge in [0.1, 0.15) is 0 Å². The number of anilines is 3. The third-order valence-electron chi connectivity index (χ3n) is 20.1. The van der Waals surface area contributed by atoms with E-state index in [1.807, 2.05) is 102 Å². The molecule has 0 spiro atoms. The minimum atomic E-state index is -5.58. The molecular formula is C88H51F21N4. The summed E-state index contributed by atoms with van der Waals surface area (Å²) in [4.78, 5) is 0.754. The molecule has 16 rings (SSSR count). The van der Waals surface area contributed by atoms with Crippen molar-refractivity contribution in [2.75, 3.05) is 4.90 Å². The summed E-state index contributed by atoms with van der Waals surface area (Å²) in [7, 11) is 0. The number of para-hydroxylation sites is 4. The number of nitriles is 1. The monoisotopic (exact) mass is 1560 g/mol. The summed E-state index contributed by atoms with van der Waals surface area (Å²) in [5, 5.41) is 13.2. The first kappa shape index (κ1) is 77.0. The molecule has 0 N–H and O–H groups in total. The number of hydrogen-bond acceptors (Lipinski definition) is 2. The number of aromatic nitrogens is 2. The molecule has 0 radical (unpaired) electrons. The Kier molecular flexibility index (Phi) is 19.5. The number of nitrogens with zero attached hydrogens (tertiary/aromatic N) is 4. The van der Waals surface area contributed by atoms with Crippen LogP contribution < -0.4 is 4.90 Å². The molecule has 0 fully saturated rings. The molecule has 4 nitrogen and oxygen atoms in total.